The van der Waals surface area contributed by atoms with Gasteiger partial charge >= 0.3 is 0 Å². The van der Waals surface area contributed by atoms with Crippen LogP contribution in [0.3, 0.4) is 0 Å². The second-order valence-electron chi connectivity index (χ2n) is 1.52. The molecule has 10 heavy (non-hydrogen) atoms. The lowest BCUT2D eigenvalue weighted by Gasteiger charge is -2.01. The van der Waals surface area contributed by atoms with E-state index < -0.39 is 10.0 Å². The van der Waals surface area contributed by atoms with Crippen LogP contribution in [0, 0.1) is 0 Å². The molecule has 0 saturated heterocycles. The van der Waals surface area contributed by atoms with Gasteiger partial charge in [-0.25, -0.2) is 13.1 Å². The number of hydrogen-bond donors (Lipinski definition) is 1. The largest absolute Gasteiger partial charge is 0.246 e. The summed E-state index contributed by atoms with van der Waals surface area (Å²) in [5.74, 6) is 0. The standard InChI is InChI=1S/C5H11NO2S2/c1-4-5(9-3)10(7,8)6-2/h4,6H,1-3H3/b5-4+. The third kappa shape index (κ3) is 2.32. The molecule has 0 aliphatic rings. The Hall–Kier alpha value is -0.0000000000000000763. The lowest BCUT2D eigenvalue weighted by atomic mass is 10.8. The smallest absolute Gasteiger partial charge is 0.214 e. The van der Waals surface area contributed by atoms with Crippen molar-refractivity contribution in [1.82, 2.24) is 4.72 Å². The van der Waals surface area contributed by atoms with Crippen molar-refractivity contribution < 1.29 is 8.42 Å². The summed E-state index contributed by atoms with van der Waals surface area (Å²) in [7, 11) is -1.79. The van der Waals surface area contributed by atoms with Gasteiger partial charge in [0.1, 0.15) is 4.24 Å². The summed E-state index contributed by atoms with van der Waals surface area (Å²) in [4.78, 5) is 0. The molecular weight excluding hydrogens is 170 g/mol. The quantitative estimate of drug-likeness (QED) is 0.699. The molecule has 0 rings (SSSR count). The van der Waals surface area contributed by atoms with E-state index in [9.17, 15) is 8.42 Å². The van der Waals surface area contributed by atoms with E-state index in [0.717, 1.165) is 0 Å². The highest BCUT2D eigenvalue weighted by Crippen LogP contribution is 2.16. The fourth-order valence-electron chi connectivity index (χ4n) is 0.483. The van der Waals surface area contributed by atoms with Crippen LogP contribution < -0.4 is 4.72 Å². The van der Waals surface area contributed by atoms with Gasteiger partial charge in [0.25, 0.3) is 0 Å². The van der Waals surface area contributed by atoms with Crippen LogP contribution in [0.2, 0.25) is 0 Å². The summed E-state index contributed by atoms with van der Waals surface area (Å²) in [6.45, 7) is 1.70. The molecule has 0 heterocycles. The molecule has 0 fully saturated rings. The topological polar surface area (TPSA) is 46.2 Å². The molecule has 0 bridgehead atoms. The van der Waals surface area contributed by atoms with Crippen LogP contribution in [0.15, 0.2) is 10.3 Å². The van der Waals surface area contributed by atoms with Gasteiger partial charge < -0.3 is 0 Å². The summed E-state index contributed by atoms with van der Waals surface area (Å²) in [6, 6.07) is 0. The zero-order valence-corrected chi connectivity index (χ0v) is 7.84. The van der Waals surface area contributed by atoms with E-state index in [1.54, 1.807) is 19.3 Å². The van der Waals surface area contributed by atoms with Crippen molar-refractivity contribution in [3.8, 4) is 0 Å². The van der Waals surface area contributed by atoms with Crippen LogP contribution in [0.1, 0.15) is 6.92 Å². The average molecular weight is 181 g/mol. The average Bonchev–Trinajstić information content (AvgIpc) is 1.90. The van der Waals surface area contributed by atoms with E-state index in [2.05, 4.69) is 4.72 Å². The van der Waals surface area contributed by atoms with E-state index in [-0.39, 0.29) is 0 Å². The van der Waals surface area contributed by atoms with Crippen LogP contribution in [0.25, 0.3) is 0 Å². The molecule has 0 radical (unpaired) electrons. The van der Waals surface area contributed by atoms with Crippen molar-refractivity contribution in [2.24, 2.45) is 0 Å². The van der Waals surface area contributed by atoms with Gasteiger partial charge in [-0.3, -0.25) is 0 Å². The van der Waals surface area contributed by atoms with Gasteiger partial charge in [0, 0.05) is 0 Å². The molecule has 0 atom stereocenters. The summed E-state index contributed by atoms with van der Waals surface area (Å²) < 4.78 is 24.5. The van der Waals surface area contributed by atoms with Gasteiger partial charge in [0.15, 0.2) is 0 Å². The third-order valence-corrected chi connectivity index (χ3v) is 4.07. The summed E-state index contributed by atoms with van der Waals surface area (Å²) in [6.07, 6.45) is 3.29. The first-order valence-electron chi connectivity index (χ1n) is 2.72. The monoisotopic (exact) mass is 181 g/mol. The lowest BCUT2D eigenvalue weighted by Crippen LogP contribution is -2.18. The predicted octanol–water partition coefficient (Wildman–Crippen LogP) is 0.760. The van der Waals surface area contributed by atoms with Crippen molar-refractivity contribution in [3.05, 3.63) is 10.3 Å². The predicted molar refractivity (Wildman–Crippen MR) is 45.3 cm³/mol. The molecule has 0 aromatic heterocycles. The molecule has 0 saturated carbocycles. The third-order valence-electron chi connectivity index (χ3n) is 0.970. The fourth-order valence-corrected chi connectivity index (χ4v) is 2.36. The van der Waals surface area contributed by atoms with Crippen LogP contribution in [-0.2, 0) is 10.0 Å². The molecule has 0 aromatic carbocycles. The van der Waals surface area contributed by atoms with Crippen LogP contribution >= 0.6 is 11.8 Å². The fraction of sp³-hybridized carbons (Fsp3) is 0.600. The first-order chi connectivity index (χ1) is 4.58. The molecular formula is C5H11NO2S2. The van der Waals surface area contributed by atoms with Gasteiger partial charge in [-0.15, -0.1) is 11.8 Å². The molecule has 3 nitrogen and oxygen atoms in total. The minimum absolute atomic E-state index is 0.356. The van der Waals surface area contributed by atoms with Crippen molar-refractivity contribution in [2.45, 2.75) is 6.92 Å². The molecule has 0 amide bonds. The summed E-state index contributed by atoms with van der Waals surface area (Å²) >= 11 is 1.21. The second-order valence-corrected chi connectivity index (χ2v) is 4.48. The normalized spacial score (nSPS) is 13.7. The Bertz CT molecular complexity index is 218. The first kappa shape index (κ1) is 10.0. The molecule has 5 heteroatoms. The van der Waals surface area contributed by atoms with Gasteiger partial charge in [-0.2, -0.15) is 0 Å². The number of allylic oxidation sites excluding steroid dienone is 1. The highest BCUT2D eigenvalue weighted by Gasteiger charge is 2.11. The lowest BCUT2D eigenvalue weighted by molar-refractivity contribution is 0.596. The van der Waals surface area contributed by atoms with E-state index in [1.807, 2.05) is 0 Å². The minimum atomic E-state index is -3.19. The number of nitrogens with one attached hydrogen (secondary N) is 1. The van der Waals surface area contributed by atoms with Gasteiger partial charge in [-0.1, -0.05) is 6.08 Å². The SMILES string of the molecule is C/C=C(\SC)S(=O)(=O)NC. The zero-order chi connectivity index (χ0) is 8.20. The van der Waals surface area contributed by atoms with Crippen molar-refractivity contribution in [2.75, 3.05) is 13.3 Å². The Labute approximate surface area is 65.9 Å². The van der Waals surface area contributed by atoms with E-state index >= 15 is 0 Å². The maximum atomic E-state index is 11.0. The maximum Gasteiger partial charge on any atom is 0.246 e. The molecule has 0 aliphatic carbocycles. The molecule has 0 unspecified atom stereocenters. The van der Waals surface area contributed by atoms with E-state index in [1.165, 1.54) is 18.8 Å². The van der Waals surface area contributed by atoms with E-state index in [0.29, 0.717) is 4.24 Å². The highest BCUT2D eigenvalue weighted by atomic mass is 32.3. The van der Waals surface area contributed by atoms with Crippen LogP contribution in [0.5, 0.6) is 0 Å². The van der Waals surface area contributed by atoms with E-state index in [4.69, 9.17) is 0 Å². The number of thioether (sulfide) groups is 1. The Morgan fingerprint density at radius 1 is 1.60 bits per heavy atom. The Kier molecular flexibility index (Phi) is 4.00. The van der Waals surface area contributed by atoms with Crippen molar-refractivity contribution >= 4 is 21.8 Å². The second kappa shape index (κ2) is 4.00. The Balaban J connectivity index is 4.63. The Morgan fingerprint density at radius 2 is 2.10 bits per heavy atom. The molecule has 1 N–H and O–H groups in total. The summed E-state index contributed by atoms with van der Waals surface area (Å²) in [5.41, 5.74) is 0. The highest BCUT2D eigenvalue weighted by molar-refractivity contribution is 8.17. The van der Waals surface area contributed by atoms with Gasteiger partial charge in [-0.05, 0) is 20.2 Å². The molecule has 0 aliphatic heterocycles. The van der Waals surface area contributed by atoms with Gasteiger partial charge in [0.2, 0.25) is 10.0 Å². The van der Waals surface area contributed by atoms with Crippen molar-refractivity contribution in [3.63, 3.8) is 0 Å². The molecule has 0 aromatic rings. The van der Waals surface area contributed by atoms with Crippen LogP contribution in [-0.4, -0.2) is 21.7 Å². The summed E-state index contributed by atoms with van der Waals surface area (Å²) in [5, 5.41) is 0. The van der Waals surface area contributed by atoms with Crippen LogP contribution in [0.4, 0.5) is 0 Å². The minimum Gasteiger partial charge on any atom is -0.214 e. The first-order valence-corrected chi connectivity index (χ1v) is 5.43. The number of sulfonamides is 1. The zero-order valence-electron chi connectivity index (χ0n) is 6.21. The van der Waals surface area contributed by atoms with Gasteiger partial charge in [0.05, 0.1) is 0 Å². The van der Waals surface area contributed by atoms with Crippen molar-refractivity contribution in [1.29, 1.82) is 0 Å². The number of rotatable bonds is 3. The molecule has 60 valence electrons. The number of hydrogen-bond acceptors (Lipinski definition) is 3. The maximum absolute atomic E-state index is 11.0. The Morgan fingerprint density at radius 3 is 2.20 bits per heavy atom. The molecule has 0 spiro atoms.